The van der Waals surface area contributed by atoms with Crippen molar-refractivity contribution in [3.8, 4) is 0 Å². The molecule has 0 aromatic heterocycles. The van der Waals surface area contributed by atoms with Crippen molar-refractivity contribution < 1.29 is 28.6 Å². The number of unbranched alkanes of at least 4 members (excludes halogenated alkanes) is 1. The summed E-state index contributed by atoms with van der Waals surface area (Å²) in [6, 6.07) is 0. The smallest absolute Gasteiger partial charge is 0.413 e. The third-order valence-corrected chi connectivity index (χ3v) is 1.35. The highest BCUT2D eigenvalue weighted by Gasteiger charge is 2.04. The Kier molecular flexibility index (Phi) is 7.93. The Balaban J connectivity index is 3.40. The van der Waals surface area contributed by atoms with E-state index in [4.69, 9.17) is 11.1 Å². The molecular formula is C8H10N4O4. The van der Waals surface area contributed by atoms with Crippen LogP contribution >= 0.6 is 0 Å². The summed E-state index contributed by atoms with van der Waals surface area (Å²) in [5.74, 6) is -1.49. The molecule has 0 heterocycles. The number of hydrogen-bond donors (Lipinski definition) is 0. The molecule has 0 aliphatic rings. The summed E-state index contributed by atoms with van der Waals surface area (Å²) in [7, 11) is 0. The van der Waals surface area contributed by atoms with Crippen molar-refractivity contribution in [2.75, 3.05) is 13.2 Å². The van der Waals surface area contributed by atoms with Gasteiger partial charge in [0.2, 0.25) is 0 Å². The van der Waals surface area contributed by atoms with E-state index in [1.807, 2.05) is 0 Å². The van der Waals surface area contributed by atoms with Crippen LogP contribution in [0.15, 0.2) is 0 Å². The number of hydrogen-bond acceptors (Lipinski definition) is 4. The van der Waals surface area contributed by atoms with E-state index in [1.165, 1.54) is 0 Å². The van der Waals surface area contributed by atoms with Crippen LogP contribution in [0.3, 0.4) is 0 Å². The lowest BCUT2D eigenvalue weighted by atomic mass is 10.3. The molecule has 0 unspecified atom stereocenters. The Hall–Kier alpha value is -2.30. The molecule has 8 heteroatoms. The van der Waals surface area contributed by atoms with E-state index in [1.54, 1.807) is 0 Å². The van der Waals surface area contributed by atoms with Gasteiger partial charge in [-0.3, -0.25) is 0 Å². The van der Waals surface area contributed by atoms with Gasteiger partial charge in [-0.1, -0.05) is 0 Å². The third kappa shape index (κ3) is 8.31. The summed E-state index contributed by atoms with van der Waals surface area (Å²) < 4.78 is 9.16. The maximum Gasteiger partial charge on any atom is 0.413 e. The quantitative estimate of drug-likeness (QED) is 0.190. The van der Waals surface area contributed by atoms with E-state index >= 15 is 0 Å². The van der Waals surface area contributed by atoms with Crippen molar-refractivity contribution >= 4 is 24.4 Å². The number of ether oxygens (including phenoxy) is 2. The number of carbonyl (C=O) groups excluding carboxylic acids is 2. The fourth-order valence-electron chi connectivity index (χ4n) is 0.718. The van der Waals surface area contributed by atoms with Gasteiger partial charge in [0.1, 0.15) is 0 Å². The van der Waals surface area contributed by atoms with Crippen molar-refractivity contribution in [3.05, 3.63) is 11.1 Å². The third-order valence-electron chi connectivity index (χ3n) is 1.35. The molecule has 0 amide bonds. The van der Waals surface area contributed by atoms with Gasteiger partial charge < -0.3 is 20.5 Å². The molecule has 8 nitrogen and oxygen atoms in total. The lowest BCUT2D eigenvalue weighted by Crippen LogP contribution is -2.10. The van der Waals surface area contributed by atoms with E-state index in [-0.39, 0.29) is 13.2 Å². The van der Waals surface area contributed by atoms with E-state index in [2.05, 4.69) is 19.1 Å². The van der Waals surface area contributed by atoms with Crippen LogP contribution in [-0.4, -0.2) is 47.2 Å². The molecule has 0 N–H and O–H groups in total. The SMILES string of the molecule is [N-]=[N+]=CC(=O)OCCCCOC(=O)C=[N+]=[N-]. The first-order valence-electron chi connectivity index (χ1n) is 4.39. The van der Waals surface area contributed by atoms with Crippen LogP contribution in [-0.2, 0) is 19.1 Å². The predicted octanol–water partition coefficient (Wildman–Crippen LogP) is -0.546. The molecule has 0 saturated heterocycles. The van der Waals surface area contributed by atoms with Gasteiger partial charge >= 0.3 is 24.4 Å². The zero-order valence-electron chi connectivity index (χ0n) is 8.40. The van der Waals surface area contributed by atoms with Crippen LogP contribution < -0.4 is 0 Å². The molecule has 0 saturated carbocycles. The van der Waals surface area contributed by atoms with Gasteiger partial charge in [0.05, 0.1) is 13.2 Å². The van der Waals surface area contributed by atoms with Crippen molar-refractivity contribution in [2.24, 2.45) is 0 Å². The molecule has 0 aromatic rings. The van der Waals surface area contributed by atoms with Crippen LogP contribution in [0.25, 0.3) is 11.1 Å². The van der Waals surface area contributed by atoms with Crippen LogP contribution in [0, 0.1) is 0 Å². The summed E-state index contributed by atoms with van der Waals surface area (Å²) in [4.78, 5) is 26.2. The van der Waals surface area contributed by atoms with E-state index < -0.39 is 11.9 Å². The minimum Gasteiger partial charge on any atom is -0.457 e. The van der Waals surface area contributed by atoms with Crippen molar-refractivity contribution in [3.63, 3.8) is 0 Å². The zero-order valence-corrected chi connectivity index (χ0v) is 8.40. The van der Waals surface area contributed by atoms with Crippen molar-refractivity contribution in [1.82, 2.24) is 0 Å². The number of esters is 2. The molecule has 0 spiro atoms. The Bertz CT molecular complexity index is 308. The highest BCUT2D eigenvalue weighted by Crippen LogP contribution is 1.91. The largest absolute Gasteiger partial charge is 0.457 e. The van der Waals surface area contributed by atoms with Gasteiger partial charge in [0, 0.05) is 0 Å². The number of rotatable bonds is 7. The molecule has 0 fully saturated rings. The summed E-state index contributed by atoms with van der Waals surface area (Å²) >= 11 is 0. The first kappa shape index (κ1) is 13.7. The molecule has 0 aliphatic heterocycles. The monoisotopic (exact) mass is 226 g/mol. The molecule has 0 bridgehead atoms. The van der Waals surface area contributed by atoms with Gasteiger partial charge in [-0.2, -0.15) is 9.58 Å². The summed E-state index contributed by atoms with van der Waals surface area (Å²) in [6.07, 6.45) is 2.26. The first-order valence-corrected chi connectivity index (χ1v) is 4.39. The maximum absolute atomic E-state index is 10.6. The molecule has 0 aliphatic carbocycles. The second-order valence-corrected chi connectivity index (χ2v) is 2.53. The van der Waals surface area contributed by atoms with E-state index in [0.717, 1.165) is 0 Å². The summed E-state index contributed by atoms with van der Waals surface area (Å²) in [5, 5.41) is 0. The molecular weight excluding hydrogens is 216 g/mol. The maximum atomic E-state index is 10.6. The Morgan fingerprint density at radius 3 is 1.62 bits per heavy atom. The van der Waals surface area contributed by atoms with Crippen molar-refractivity contribution in [2.45, 2.75) is 12.8 Å². The molecule has 0 radical (unpaired) electrons. The fourth-order valence-corrected chi connectivity index (χ4v) is 0.718. The zero-order chi connectivity index (χ0) is 12.2. The lowest BCUT2D eigenvalue weighted by molar-refractivity contribution is -0.141. The number of carbonyl (C=O) groups is 2. The second kappa shape index (κ2) is 9.26. The van der Waals surface area contributed by atoms with Gasteiger partial charge in [-0.05, 0) is 12.8 Å². The summed E-state index contributed by atoms with van der Waals surface area (Å²) in [6.45, 7) is 0.271. The molecule has 0 atom stereocenters. The average Bonchev–Trinajstić information content (AvgIpc) is 2.24. The van der Waals surface area contributed by atoms with E-state index in [0.29, 0.717) is 25.3 Å². The van der Waals surface area contributed by atoms with Crippen LogP contribution in [0.2, 0.25) is 0 Å². The van der Waals surface area contributed by atoms with Gasteiger partial charge in [-0.15, -0.1) is 0 Å². The highest BCUT2D eigenvalue weighted by molar-refractivity contribution is 6.20. The Morgan fingerprint density at radius 2 is 1.31 bits per heavy atom. The summed E-state index contributed by atoms with van der Waals surface area (Å²) in [5.41, 5.74) is 15.9. The minimum atomic E-state index is -0.744. The van der Waals surface area contributed by atoms with Crippen molar-refractivity contribution in [1.29, 1.82) is 0 Å². The number of nitrogens with zero attached hydrogens (tertiary/aromatic N) is 4. The van der Waals surface area contributed by atoms with Crippen LogP contribution in [0.5, 0.6) is 0 Å². The predicted molar refractivity (Wildman–Crippen MR) is 50.5 cm³/mol. The van der Waals surface area contributed by atoms with Crippen LogP contribution in [0.4, 0.5) is 0 Å². The Labute approximate surface area is 91.0 Å². The highest BCUT2D eigenvalue weighted by atomic mass is 16.5. The molecule has 86 valence electrons. The second-order valence-electron chi connectivity index (χ2n) is 2.53. The average molecular weight is 226 g/mol. The fraction of sp³-hybridized carbons (Fsp3) is 0.500. The molecule has 0 rings (SSSR count). The standard InChI is InChI=1S/C8H10N4O4/c9-11-5-7(13)15-3-1-2-4-16-8(14)6-12-10/h5-6H,1-4H2. The van der Waals surface area contributed by atoms with E-state index in [9.17, 15) is 9.59 Å². The van der Waals surface area contributed by atoms with Gasteiger partial charge in [-0.25, -0.2) is 9.59 Å². The molecule has 16 heavy (non-hydrogen) atoms. The first-order chi connectivity index (χ1) is 7.70. The topological polar surface area (TPSA) is 125 Å². The Morgan fingerprint density at radius 1 is 0.938 bits per heavy atom. The van der Waals surface area contributed by atoms with Crippen LogP contribution in [0.1, 0.15) is 12.8 Å². The molecule has 0 aromatic carbocycles. The minimum absolute atomic E-state index is 0.135. The normalized spacial score (nSPS) is 8.25. The van der Waals surface area contributed by atoms with Gasteiger partial charge in [0.15, 0.2) is 0 Å². The van der Waals surface area contributed by atoms with Gasteiger partial charge in [0.25, 0.3) is 0 Å². The lowest BCUT2D eigenvalue weighted by Gasteiger charge is -2.00.